The van der Waals surface area contributed by atoms with Crippen molar-refractivity contribution >= 4 is 5.97 Å². The molecule has 0 radical (unpaired) electrons. The van der Waals surface area contributed by atoms with Crippen molar-refractivity contribution in [2.45, 2.75) is 0 Å². The van der Waals surface area contributed by atoms with Crippen LogP contribution in [0.15, 0.2) is 28.9 Å². The smallest absolute Gasteiger partial charge is 0.396 e. The highest BCUT2D eigenvalue weighted by Crippen LogP contribution is 2.15. The number of nitrogens with zero attached hydrogens (tertiary/aromatic N) is 3. The van der Waals surface area contributed by atoms with Crippen molar-refractivity contribution in [3.8, 4) is 11.5 Å². The first kappa shape index (κ1) is 9.32. The number of pyridine rings is 1. The molecule has 0 aromatic carbocycles. The average molecular weight is 205 g/mol. The Kier molecular flexibility index (Phi) is 2.40. The summed E-state index contributed by atoms with van der Waals surface area (Å²) < 4.78 is 9.52. The second kappa shape index (κ2) is 3.87. The highest BCUT2D eigenvalue weighted by atomic mass is 16.5. The molecule has 0 fully saturated rings. The van der Waals surface area contributed by atoms with E-state index >= 15 is 0 Å². The lowest BCUT2D eigenvalue weighted by Crippen LogP contribution is -2.00. The van der Waals surface area contributed by atoms with Gasteiger partial charge in [-0.1, -0.05) is 0 Å². The second-order valence-electron chi connectivity index (χ2n) is 2.65. The van der Waals surface area contributed by atoms with Gasteiger partial charge in [-0.2, -0.15) is 0 Å². The van der Waals surface area contributed by atoms with Crippen LogP contribution in [0.1, 0.15) is 10.7 Å². The number of carbonyl (C=O) groups is 1. The summed E-state index contributed by atoms with van der Waals surface area (Å²) in [7, 11) is 1.25. The van der Waals surface area contributed by atoms with Gasteiger partial charge < -0.3 is 9.15 Å². The van der Waals surface area contributed by atoms with Gasteiger partial charge in [0.2, 0.25) is 5.89 Å². The summed E-state index contributed by atoms with van der Waals surface area (Å²) >= 11 is 0. The van der Waals surface area contributed by atoms with Crippen LogP contribution in [0.3, 0.4) is 0 Å². The summed E-state index contributed by atoms with van der Waals surface area (Å²) in [6.07, 6.45) is 3.19. The van der Waals surface area contributed by atoms with Gasteiger partial charge in [-0.3, -0.25) is 4.98 Å². The average Bonchev–Trinajstić information content (AvgIpc) is 2.78. The van der Waals surface area contributed by atoms with Crippen LogP contribution in [0.5, 0.6) is 0 Å². The Hall–Kier alpha value is -2.24. The van der Waals surface area contributed by atoms with E-state index in [-0.39, 0.29) is 11.8 Å². The third kappa shape index (κ3) is 1.83. The molecule has 0 N–H and O–H groups in total. The molecule has 0 aliphatic rings. The number of hydrogen-bond donors (Lipinski definition) is 0. The fraction of sp³-hybridized carbons (Fsp3) is 0.111. The number of rotatable bonds is 2. The van der Waals surface area contributed by atoms with Crippen molar-refractivity contribution in [1.82, 2.24) is 15.2 Å². The predicted octanol–water partition coefficient (Wildman–Crippen LogP) is 0.918. The molecule has 6 heteroatoms. The Bertz CT molecular complexity index is 466. The van der Waals surface area contributed by atoms with Gasteiger partial charge in [0.05, 0.1) is 12.7 Å². The minimum absolute atomic E-state index is 0.170. The van der Waals surface area contributed by atoms with Crippen LogP contribution < -0.4 is 0 Å². The molecule has 15 heavy (non-hydrogen) atoms. The summed E-state index contributed by atoms with van der Waals surface area (Å²) in [5, 5.41) is 7.24. The Morgan fingerprint density at radius 1 is 1.47 bits per heavy atom. The predicted molar refractivity (Wildman–Crippen MR) is 48.9 cm³/mol. The Labute approximate surface area is 84.9 Å². The zero-order chi connectivity index (χ0) is 10.7. The number of carbonyl (C=O) groups excluding carboxylic acids is 1. The van der Waals surface area contributed by atoms with Crippen LogP contribution in [0.25, 0.3) is 11.5 Å². The molecule has 0 aliphatic carbocycles. The number of ether oxygens (including phenoxy) is 1. The highest BCUT2D eigenvalue weighted by Gasteiger charge is 2.15. The number of esters is 1. The van der Waals surface area contributed by atoms with E-state index in [1.54, 1.807) is 24.5 Å². The van der Waals surface area contributed by atoms with Gasteiger partial charge >= 0.3 is 11.9 Å². The maximum atomic E-state index is 11.0. The van der Waals surface area contributed by atoms with Crippen LogP contribution in [-0.2, 0) is 4.74 Å². The first-order valence-electron chi connectivity index (χ1n) is 4.13. The van der Waals surface area contributed by atoms with E-state index < -0.39 is 5.97 Å². The molecule has 2 rings (SSSR count). The largest absolute Gasteiger partial charge is 0.462 e. The Morgan fingerprint density at radius 3 is 3.00 bits per heavy atom. The van der Waals surface area contributed by atoms with Gasteiger partial charge in [0, 0.05) is 12.4 Å². The lowest BCUT2D eigenvalue weighted by atomic mass is 10.3. The monoisotopic (exact) mass is 205 g/mol. The van der Waals surface area contributed by atoms with E-state index in [0.29, 0.717) is 5.56 Å². The first-order chi connectivity index (χ1) is 7.31. The lowest BCUT2D eigenvalue weighted by molar-refractivity contribution is 0.0556. The molecule has 0 saturated heterocycles. The molecule has 0 amide bonds. The van der Waals surface area contributed by atoms with Crippen molar-refractivity contribution in [3.05, 3.63) is 30.4 Å². The molecule has 2 heterocycles. The molecule has 0 unspecified atom stereocenters. The van der Waals surface area contributed by atoms with Gasteiger partial charge in [-0.05, 0) is 12.1 Å². The molecular weight excluding hydrogens is 198 g/mol. The van der Waals surface area contributed by atoms with E-state index in [1.165, 1.54) is 7.11 Å². The van der Waals surface area contributed by atoms with E-state index in [4.69, 9.17) is 4.42 Å². The van der Waals surface area contributed by atoms with E-state index in [2.05, 4.69) is 19.9 Å². The molecule has 0 bridgehead atoms. The van der Waals surface area contributed by atoms with Gasteiger partial charge in [-0.25, -0.2) is 4.79 Å². The lowest BCUT2D eigenvalue weighted by Gasteiger charge is -1.91. The van der Waals surface area contributed by atoms with Gasteiger partial charge in [0.1, 0.15) is 0 Å². The van der Waals surface area contributed by atoms with Gasteiger partial charge in [0.25, 0.3) is 0 Å². The number of methoxy groups -OCH3 is 1. The fourth-order valence-corrected chi connectivity index (χ4v) is 0.999. The highest BCUT2D eigenvalue weighted by molar-refractivity contribution is 5.84. The standard InChI is InChI=1S/C9H7N3O3/c1-14-9(13)8-12-11-7(15-8)6-3-2-4-10-5-6/h2-5H,1H3. The molecule has 0 saturated carbocycles. The fourth-order valence-electron chi connectivity index (χ4n) is 0.999. The maximum Gasteiger partial charge on any atom is 0.396 e. The minimum atomic E-state index is -0.655. The zero-order valence-corrected chi connectivity index (χ0v) is 7.88. The van der Waals surface area contributed by atoms with Gasteiger partial charge in [0.15, 0.2) is 0 Å². The van der Waals surface area contributed by atoms with Crippen molar-refractivity contribution in [1.29, 1.82) is 0 Å². The molecule has 0 atom stereocenters. The quantitative estimate of drug-likeness (QED) is 0.678. The molecule has 76 valence electrons. The van der Waals surface area contributed by atoms with Crippen molar-refractivity contribution < 1.29 is 13.9 Å². The Balaban J connectivity index is 2.32. The SMILES string of the molecule is COC(=O)c1nnc(-c2cccnc2)o1. The van der Waals surface area contributed by atoms with Crippen LogP contribution in [-0.4, -0.2) is 28.3 Å². The minimum Gasteiger partial charge on any atom is -0.462 e. The maximum absolute atomic E-state index is 11.0. The summed E-state index contributed by atoms with van der Waals surface area (Å²) in [6, 6.07) is 3.49. The summed E-state index contributed by atoms with van der Waals surface area (Å²) in [4.78, 5) is 14.9. The van der Waals surface area contributed by atoms with Crippen LogP contribution in [0, 0.1) is 0 Å². The van der Waals surface area contributed by atoms with Crippen LogP contribution in [0.4, 0.5) is 0 Å². The summed E-state index contributed by atoms with van der Waals surface area (Å²) in [5.41, 5.74) is 0.653. The number of aromatic nitrogens is 3. The van der Waals surface area contributed by atoms with Gasteiger partial charge in [-0.15, -0.1) is 10.2 Å². The van der Waals surface area contributed by atoms with Crippen LogP contribution >= 0.6 is 0 Å². The third-order valence-corrected chi connectivity index (χ3v) is 1.69. The van der Waals surface area contributed by atoms with Crippen molar-refractivity contribution in [2.75, 3.05) is 7.11 Å². The topological polar surface area (TPSA) is 78.1 Å². The molecule has 0 aliphatic heterocycles. The van der Waals surface area contributed by atoms with Crippen LogP contribution in [0.2, 0.25) is 0 Å². The van der Waals surface area contributed by atoms with Crippen molar-refractivity contribution in [2.24, 2.45) is 0 Å². The molecule has 2 aromatic heterocycles. The molecular formula is C9H7N3O3. The normalized spacial score (nSPS) is 9.93. The van der Waals surface area contributed by atoms with E-state index in [1.807, 2.05) is 0 Å². The third-order valence-electron chi connectivity index (χ3n) is 1.69. The number of hydrogen-bond acceptors (Lipinski definition) is 6. The molecule has 6 nitrogen and oxygen atoms in total. The Morgan fingerprint density at radius 2 is 2.33 bits per heavy atom. The first-order valence-corrected chi connectivity index (χ1v) is 4.13. The zero-order valence-electron chi connectivity index (χ0n) is 7.88. The molecule has 2 aromatic rings. The second-order valence-corrected chi connectivity index (χ2v) is 2.65. The summed E-state index contributed by atoms with van der Waals surface area (Å²) in [6.45, 7) is 0. The molecule has 0 spiro atoms. The van der Waals surface area contributed by atoms with Crippen molar-refractivity contribution in [3.63, 3.8) is 0 Å². The van der Waals surface area contributed by atoms with E-state index in [9.17, 15) is 4.79 Å². The summed E-state index contributed by atoms with van der Waals surface area (Å²) in [5.74, 6) is -0.586. The van der Waals surface area contributed by atoms with E-state index in [0.717, 1.165) is 0 Å².